The van der Waals surface area contributed by atoms with E-state index in [1.165, 1.54) is 0 Å². The van der Waals surface area contributed by atoms with Gasteiger partial charge in [-0.1, -0.05) is 48.5 Å². The van der Waals surface area contributed by atoms with Gasteiger partial charge in [0.2, 0.25) is 0 Å². The van der Waals surface area contributed by atoms with Gasteiger partial charge in [-0.15, -0.1) is 0 Å². The molecule has 0 aliphatic heterocycles. The van der Waals surface area contributed by atoms with Gasteiger partial charge in [0, 0.05) is 7.11 Å². The number of rotatable bonds is 4. The molecular weight excluding hydrogens is 199 g/mol. The largest absolute Gasteiger partial charge is 0.562 e. The minimum atomic E-state index is -0.358. The molecule has 2 rings (SSSR count). The lowest BCUT2D eigenvalue weighted by Gasteiger charge is -2.13. The van der Waals surface area contributed by atoms with Crippen LogP contribution in [-0.2, 0) is 4.65 Å². The second-order valence-corrected chi connectivity index (χ2v) is 3.41. The van der Waals surface area contributed by atoms with Gasteiger partial charge in [-0.3, -0.25) is 0 Å². The van der Waals surface area contributed by atoms with E-state index in [0.29, 0.717) is 0 Å². The zero-order valence-corrected chi connectivity index (χ0v) is 9.17. The van der Waals surface area contributed by atoms with E-state index >= 15 is 0 Å². The van der Waals surface area contributed by atoms with Crippen LogP contribution in [0.5, 0.6) is 5.75 Å². The van der Waals surface area contributed by atoms with Gasteiger partial charge in [0.25, 0.3) is 0 Å². The number of hydrogen-bond acceptors (Lipinski definition) is 2. The van der Waals surface area contributed by atoms with Crippen LogP contribution in [-0.4, -0.2) is 14.2 Å². The SMILES string of the molecule is COB(Oc1ccccc1)c1ccccc1. The molecule has 0 bridgehead atoms. The van der Waals surface area contributed by atoms with Crippen molar-refractivity contribution >= 4 is 12.6 Å². The van der Waals surface area contributed by atoms with Crippen LogP contribution in [0, 0.1) is 0 Å². The number of hydrogen-bond donors (Lipinski definition) is 0. The van der Waals surface area contributed by atoms with Crippen LogP contribution in [0.15, 0.2) is 60.7 Å². The summed E-state index contributed by atoms with van der Waals surface area (Å²) in [6, 6.07) is 19.5. The Hall–Kier alpha value is -1.74. The van der Waals surface area contributed by atoms with Crippen molar-refractivity contribution in [1.29, 1.82) is 0 Å². The molecule has 0 saturated heterocycles. The Morgan fingerprint density at radius 2 is 1.38 bits per heavy atom. The first-order valence-corrected chi connectivity index (χ1v) is 5.19. The fourth-order valence-electron chi connectivity index (χ4n) is 1.49. The average molecular weight is 212 g/mol. The van der Waals surface area contributed by atoms with Crippen molar-refractivity contribution in [1.82, 2.24) is 0 Å². The van der Waals surface area contributed by atoms with Crippen molar-refractivity contribution in [2.45, 2.75) is 0 Å². The topological polar surface area (TPSA) is 18.5 Å². The Kier molecular flexibility index (Phi) is 3.62. The van der Waals surface area contributed by atoms with E-state index in [1.807, 2.05) is 60.7 Å². The average Bonchev–Trinajstić information content (AvgIpc) is 2.38. The molecule has 2 nitrogen and oxygen atoms in total. The summed E-state index contributed by atoms with van der Waals surface area (Å²) in [5, 5.41) is 0. The van der Waals surface area contributed by atoms with Crippen LogP contribution >= 0.6 is 0 Å². The van der Waals surface area contributed by atoms with E-state index in [0.717, 1.165) is 11.2 Å². The second-order valence-electron chi connectivity index (χ2n) is 3.41. The summed E-state index contributed by atoms with van der Waals surface area (Å²) < 4.78 is 11.0. The lowest BCUT2D eigenvalue weighted by atomic mass is 9.79. The summed E-state index contributed by atoms with van der Waals surface area (Å²) >= 11 is 0. The molecule has 0 aromatic heterocycles. The molecule has 0 spiro atoms. The Morgan fingerprint density at radius 3 is 1.94 bits per heavy atom. The van der Waals surface area contributed by atoms with Crippen LogP contribution < -0.4 is 10.1 Å². The molecule has 2 aromatic carbocycles. The third-order valence-corrected chi connectivity index (χ3v) is 2.27. The van der Waals surface area contributed by atoms with E-state index < -0.39 is 0 Å². The van der Waals surface area contributed by atoms with E-state index in [-0.39, 0.29) is 7.12 Å². The molecule has 0 N–H and O–H groups in total. The zero-order valence-electron chi connectivity index (χ0n) is 9.17. The molecule has 0 amide bonds. The molecule has 0 aliphatic rings. The van der Waals surface area contributed by atoms with Crippen LogP contribution in [0.1, 0.15) is 0 Å². The first-order chi connectivity index (χ1) is 7.90. The normalized spacial score (nSPS) is 9.81. The predicted octanol–water partition coefficient (Wildman–Crippen LogP) is 2.11. The molecule has 0 saturated carbocycles. The first-order valence-electron chi connectivity index (χ1n) is 5.19. The Balaban J connectivity index is 2.13. The van der Waals surface area contributed by atoms with Crippen molar-refractivity contribution in [2.75, 3.05) is 7.11 Å². The van der Waals surface area contributed by atoms with Gasteiger partial charge in [0.1, 0.15) is 5.75 Å². The van der Waals surface area contributed by atoms with Crippen LogP contribution in [0.4, 0.5) is 0 Å². The minimum Gasteiger partial charge on any atom is -0.532 e. The maximum atomic E-state index is 5.73. The van der Waals surface area contributed by atoms with Crippen LogP contribution in [0.2, 0.25) is 0 Å². The molecule has 16 heavy (non-hydrogen) atoms. The van der Waals surface area contributed by atoms with E-state index in [1.54, 1.807) is 7.11 Å². The monoisotopic (exact) mass is 212 g/mol. The third-order valence-electron chi connectivity index (χ3n) is 2.27. The van der Waals surface area contributed by atoms with Gasteiger partial charge >= 0.3 is 7.12 Å². The summed E-state index contributed by atoms with van der Waals surface area (Å²) in [7, 11) is 1.28. The Bertz CT molecular complexity index is 416. The smallest absolute Gasteiger partial charge is 0.532 e. The van der Waals surface area contributed by atoms with Crippen molar-refractivity contribution in [2.24, 2.45) is 0 Å². The molecule has 0 fully saturated rings. The lowest BCUT2D eigenvalue weighted by molar-refractivity contribution is 0.348. The summed E-state index contributed by atoms with van der Waals surface area (Å²) in [6.07, 6.45) is 0. The van der Waals surface area contributed by atoms with Gasteiger partial charge in [-0.05, 0) is 17.6 Å². The molecule has 0 radical (unpaired) electrons. The molecule has 0 heterocycles. The maximum absolute atomic E-state index is 5.73. The van der Waals surface area contributed by atoms with E-state index in [4.69, 9.17) is 9.31 Å². The molecule has 0 atom stereocenters. The van der Waals surface area contributed by atoms with Crippen molar-refractivity contribution in [3.63, 3.8) is 0 Å². The van der Waals surface area contributed by atoms with Gasteiger partial charge in [0.05, 0.1) is 0 Å². The highest BCUT2D eigenvalue weighted by Gasteiger charge is 2.21. The molecular formula is C13H13BO2. The fourth-order valence-corrected chi connectivity index (χ4v) is 1.49. The molecule has 2 aromatic rings. The van der Waals surface area contributed by atoms with Gasteiger partial charge < -0.3 is 9.31 Å². The molecule has 80 valence electrons. The van der Waals surface area contributed by atoms with Crippen molar-refractivity contribution in [3.05, 3.63) is 60.7 Å². The second kappa shape index (κ2) is 5.38. The number of para-hydroxylation sites is 1. The highest BCUT2D eigenvalue weighted by atomic mass is 16.6. The van der Waals surface area contributed by atoms with E-state index in [9.17, 15) is 0 Å². The maximum Gasteiger partial charge on any atom is 0.562 e. The van der Waals surface area contributed by atoms with Crippen molar-refractivity contribution < 1.29 is 9.31 Å². The zero-order chi connectivity index (χ0) is 11.2. The lowest BCUT2D eigenvalue weighted by Crippen LogP contribution is -2.38. The molecule has 0 aliphatic carbocycles. The first kappa shape index (κ1) is 10.8. The summed E-state index contributed by atoms with van der Waals surface area (Å²) in [6.45, 7) is 0. The minimum absolute atomic E-state index is 0.358. The Morgan fingerprint density at radius 1 is 0.812 bits per heavy atom. The van der Waals surface area contributed by atoms with Gasteiger partial charge in [0.15, 0.2) is 0 Å². The van der Waals surface area contributed by atoms with Crippen molar-refractivity contribution in [3.8, 4) is 5.75 Å². The summed E-state index contributed by atoms with van der Waals surface area (Å²) in [5.74, 6) is 0.804. The molecule has 0 unspecified atom stereocenters. The number of benzene rings is 2. The van der Waals surface area contributed by atoms with E-state index in [2.05, 4.69) is 0 Å². The summed E-state index contributed by atoms with van der Waals surface area (Å²) in [4.78, 5) is 0. The highest BCUT2D eigenvalue weighted by Crippen LogP contribution is 2.09. The standard InChI is InChI=1S/C13H13BO2/c1-15-14(12-8-4-2-5-9-12)16-13-10-6-3-7-11-13/h2-11H,1H3. The van der Waals surface area contributed by atoms with Crippen LogP contribution in [0.25, 0.3) is 0 Å². The van der Waals surface area contributed by atoms with Crippen LogP contribution in [0.3, 0.4) is 0 Å². The van der Waals surface area contributed by atoms with Gasteiger partial charge in [-0.2, -0.15) is 0 Å². The summed E-state index contributed by atoms with van der Waals surface area (Å²) in [5.41, 5.74) is 1.01. The quantitative estimate of drug-likeness (QED) is 0.722. The van der Waals surface area contributed by atoms with Gasteiger partial charge in [-0.25, -0.2) is 0 Å². The Labute approximate surface area is 96.0 Å². The molecule has 3 heteroatoms. The predicted molar refractivity (Wildman–Crippen MR) is 65.9 cm³/mol. The third kappa shape index (κ3) is 2.64. The highest BCUT2D eigenvalue weighted by molar-refractivity contribution is 6.61. The fraction of sp³-hybridized carbons (Fsp3) is 0.0769.